The lowest BCUT2D eigenvalue weighted by atomic mass is 9.84. The smallest absolute Gasteiger partial charge is 0.0636 e. The molecule has 0 amide bonds. The molecule has 2 heteroatoms. The second-order valence-electron chi connectivity index (χ2n) is 4.40. The number of aliphatic hydroxyl groups is 1. The molecule has 78 valence electrons. The molecule has 2 unspecified atom stereocenters. The molecule has 0 aromatic heterocycles. The summed E-state index contributed by atoms with van der Waals surface area (Å²) < 4.78 is 0. The Hall–Kier alpha value is -0.0800. The first-order valence-electron chi connectivity index (χ1n) is 5.63. The maximum absolute atomic E-state index is 9.14. The summed E-state index contributed by atoms with van der Waals surface area (Å²) in [6.07, 6.45) is 6.47. The summed E-state index contributed by atoms with van der Waals surface area (Å²) in [4.78, 5) is 0. The van der Waals surface area contributed by atoms with Gasteiger partial charge in [0.2, 0.25) is 0 Å². The molecule has 0 heterocycles. The van der Waals surface area contributed by atoms with E-state index in [1.54, 1.807) is 0 Å². The zero-order valence-electron chi connectivity index (χ0n) is 8.92. The first-order valence-corrected chi connectivity index (χ1v) is 5.63. The van der Waals surface area contributed by atoms with Crippen LogP contribution >= 0.6 is 0 Å². The van der Waals surface area contributed by atoms with Gasteiger partial charge in [-0.15, -0.1) is 0 Å². The van der Waals surface area contributed by atoms with Gasteiger partial charge in [0, 0.05) is 12.6 Å². The van der Waals surface area contributed by atoms with Crippen molar-refractivity contribution in [3.63, 3.8) is 0 Å². The molecule has 1 aliphatic carbocycles. The first-order chi connectivity index (χ1) is 6.22. The van der Waals surface area contributed by atoms with E-state index in [1.807, 2.05) is 6.92 Å². The molecule has 0 aliphatic heterocycles. The van der Waals surface area contributed by atoms with Crippen LogP contribution in [0.25, 0.3) is 0 Å². The molecule has 3 atom stereocenters. The van der Waals surface area contributed by atoms with Crippen LogP contribution in [-0.4, -0.2) is 23.8 Å². The third kappa shape index (κ3) is 4.10. The predicted octanol–water partition coefficient (Wildman–Crippen LogP) is 1.93. The molecule has 0 radical (unpaired) electrons. The summed E-state index contributed by atoms with van der Waals surface area (Å²) in [6, 6.07) is 0.660. The second kappa shape index (κ2) is 5.61. The average molecular weight is 185 g/mol. The molecule has 2 N–H and O–H groups in total. The number of aliphatic hydroxyl groups excluding tert-OH is 1. The summed E-state index contributed by atoms with van der Waals surface area (Å²) in [6.45, 7) is 4.87. The summed E-state index contributed by atoms with van der Waals surface area (Å²) in [5.41, 5.74) is 0. The van der Waals surface area contributed by atoms with E-state index in [-0.39, 0.29) is 6.10 Å². The highest BCUT2D eigenvalue weighted by molar-refractivity contribution is 4.77. The molecule has 1 fully saturated rings. The van der Waals surface area contributed by atoms with E-state index >= 15 is 0 Å². The van der Waals surface area contributed by atoms with Gasteiger partial charge in [-0.25, -0.2) is 0 Å². The Bertz CT molecular complexity index is 136. The van der Waals surface area contributed by atoms with Gasteiger partial charge in [-0.1, -0.05) is 26.2 Å². The first kappa shape index (κ1) is 11.0. The van der Waals surface area contributed by atoms with Crippen molar-refractivity contribution in [2.75, 3.05) is 6.54 Å². The van der Waals surface area contributed by atoms with E-state index in [4.69, 9.17) is 5.11 Å². The molecule has 0 saturated heterocycles. The highest BCUT2D eigenvalue weighted by Gasteiger charge is 2.20. The molecule has 1 rings (SSSR count). The summed E-state index contributed by atoms with van der Waals surface area (Å²) in [5.74, 6) is 0.917. The molecule has 0 spiro atoms. The SMILES string of the molecule is CCC1CCCC(NC[C@@H](C)O)C1. The maximum atomic E-state index is 9.14. The fourth-order valence-corrected chi connectivity index (χ4v) is 2.18. The number of nitrogens with one attached hydrogen (secondary N) is 1. The molecule has 1 saturated carbocycles. The van der Waals surface area contributed by atoms with Gasteiger partial charge in [0.15, 0.2) is 0 Å². The van der Waals surface area contributed by atoms with Gasteiger partial charge >= 0.3 is 0 Å². The van der Waals surface area contributed by atoms with Crippen LogP contribution in [0.1, 0.15) is 46.0 Å². The van der Waals surface area contributed by atoms with Crippen LogP contribution in [0.2, 0.25) is 0 Å². The van der Waals surface area contributed by atoms with E-state index in [0.29, 0.717) is 6.04 Å². The average Bonchev–Trinajstić information content (AvgIpc) is 2.15. The molecule has 0 aromatic carbocycles. The predicted molar refractivity (Wildman–Crippen MR) is 55.7 cm³/mol. The van der Waals surface area contributed by atoms with E-state index < -0.39 is 0 Å². The van der Waals surface area contributed by atoms with Crippen LogP contribution in [0.4, 0.5) is 0 Å². The Morgan fingerprint density at radius 3 is 2.85 bits per heavy atom. The summed E-state index contributed by atoms with van der Waals surface area (Å²) in [5, 5.41) is 12.6. The lowest BCUT2D eigenvalue weighted by Gasteiger charge is -2.29. The third-order valence-electron chi connectivity index (χ3n) is 3.06. The molecular formula is C11H23NO. The fourth-order valence-electron chi connectivity index (χ4n) is 2.18. The molecular weight excluding hydrogens is 162 g/mol. The number of hydrogen-bond acceptors (Lipinski definition) is 2. The standard InChI is InChI=1S/C11H23NO/c1-3-10-5-4-6-11(7-10)12-8-9(2)13/h9-13H,3-8H2,1-2H3/t9-,10?,11?/m1/s1. The van der Waals surface area contributed by atoms with Crippen molar-refractivity contribution >= 4 is 0 Å². The Labute approximate surface area is 81.7 Å². The lowest BCUT2D eigenvalue weighted by molar-refractivity contribution is 0.175. The van der Waals surface area contributed by atoms with E-state index in [0.717, 1.165) is 12.5 Å². The van der Waals surface area contributed by atoms with Crippen molar-refractivity contribution in [3.05, 3.63) is 0 Å². The molecule has 2 nitrogen and oxygen atoms in total. The van der Waals surface area contributed by atoms with Crippen molar-refractivity contribution in [2.24, 2.45) is 5.92 Å². The Morgan fingerprint density at radius 1 is 1.46 bits per heavy atom. The second-order valence-corrected chi connectivity index (χ2v) is 4.40. The van der Waals surface area contributed by atoms with Crippen LogP contribution in [-0.2, 0) is 0 Å². The number of rotatable bonds is 4. The fraction of sp³-hybridized carbons (Fsp3) is 1.00. The molecule has 1 aliphatic rings. The van der Waals surface area contributed by atoms with Crippen LogP contribution in [0.3, 0.4) is 0 Å². The van der Waals surface area contributed by atoms with E-state index in [1.165, 1.54) is 32.1 Å². The topological polar surface area (TPSA) is 32.3 Å². The van der Waals surface area contributed by atoms with Gasteiger partial charge in [0.25, 0.3) is 0 Å². The quantitative estimate of drug-likeness (QED) is 0.701. The monoisotopic (exact) mass is 185 g/mol. The Kier molecular flexibility index (Phi) is 4.74. The van der Waals surface area contributed by atoms with Crippen molar-refractivity contribution in [2.45, 2.75) is 58.1 Å². The maximum Gasteiger partial charge on any atom is 0.0636 e. The lowest BCUT2D eigenvalue weighted by Crippen LogP contribution is -2.37. The zero-order valence-corrected chi connectivity index (χ0v) is 8.92. The number of hydrogen-bond donors (Lipinski definition) is 2. The Balaban J connectivity index is 2.18. The van der Waals surface area contributed by atoms with Crippen LogP contribution in [0.5, 0.6) is 0 Å². The summed E-state index contributed by atoms with van der Waals surface area (Å²) >= 11 is 0. The highest BCUT2D eigenvalue weighted by atomic mass is 16.3. The van der Waals surface area contributed by atoms with Crippen molar-refractivity contribution in [1.82, 2.24) is 5.32 Å². The van der Waals surface area contributed by atoms with Crippen LogP contribution in [0, 0.1) is 5.92 Å². The minimum atomic E-state index is -0.206. The highest BCUT2D eigenvalue weighted by Crippen LogP contribution is 2.26. The van der Waals surface area contributed by atoms with Gasteiger partial charge in [0.05, 0.1) is 6.10 Å². The minimum Gasteiger partial charge on any atom is -0.392 e. The van der Waals surface area contributed by atoms with Crippen molar-refractivity contribution in [3.8, 4) is 0 Å². The van der Waals surface area contributed by atoms with Crippen LogP contribution < -0.4 is 5.32 Å². The molecule has 0 bridgehead atoms. The van der Waals surface area contributed by atoms with E-state index in [9.17, 15) is 0 Å². The van der Waals surface area contributed by atoms with E-state index in [2.05, 4.69) is 12.2 Å². The van der Waals surface area contributed by atoms with Crippen LogP contribution in [0.15, 0.2) is 0 Å². The largest absolute Gasteiger partial charge is 0.392 e. The van der Waals surface area contributed by atoms with Gasteiger partial charge in [-0.2, -0.15) is 0 Å². The van der Waals surface area contributed by atoms with Gasteiger partial charge in [-0.3, -0.25) is 0 Å². The van der Waals surface area contributed by atoms with Crippen molar-refractivity contribution in [1.29, 1.82) is 0 Å². The Morgan fingerprint density at radius 2 is 2.23 bits per heavy atom. The molecule has 0 aromatic rings. The van der Waals surface area contributed by atoms with Gasteiger partial charge < -0.3 is 10.4 Å². The summed E-state index contributed by atoms with van der Waals surface area (Å²) in [7, 11) is 0. The zero-order chi connectivity index (χ0) is 9.68. The van der Waals surface area contributed by atoms with Gasteiger partial charge in [0.1, 0.15) is 0 Å². The molecule has 13 heavy (non-hydrogen) atoms. The normalized spacial score (nSPS) is 31.6. The van der Waals surface area contributed by atoms with Crippen molar-refractivity contribution < 1.29 is 5.11 Å². The third-order valence-corrected chi connectivity index (χ3v) is 3.06. The minimum absolute atomic E-state index is 0.206. The van der Waals surface area contributed by atoms with Gasteiger partial charge in [-0.05, 0) is 25.7 Å².